The van der Waals surface area contributed by atoms with Gasteiger partial charge in [-0.25, -0.2) is 0 Å². The Morgan fingerprint density at radius 3 is 1.62 bits per heavy atom. The Kier molecular flexibility index (Phi) is 4.37. The van der Waals surface area contributed by atoms with Gasteiger partial charge in [-0.05, 0) is 42.8 Å². The van der Waals surface area contributed by atoms with Crippen LogP contribution in [0.5, 0.6) is 0 Å². The Bertz CT molecular complexity index is 581. The molecule has 0 amide bonds. The Labute approximate surface area is 128 Å². The van der Waals surface area contributed by atoms with Crippen LogP contribution in [0.2, 0.25) is 0 Å². The highest BCUT2D eigenvalue weighted by Crippen LogP contribution is 2.19. The molecule has 2 aromatic carbocycles. The number of likely N-dealkylation sites (N-methyl/N-ethyl adjacent to an activating group) is 1. The second-order valence-electron chi connectivity index (χ2n) is 6.20. The van der Waals surface area contributed by atoms with Gasteiger partial charge in [-0.1, -0.05) is 48.5 Å². The molecule has 21 heavy (non-hydrogen) atoms. The lowest BCUT2D eigenvalue weighted by Crippen LogP contribution is -2.26. The van der Waals surface area contributed by atoms with Crippen LogP contribution in [0.25, 0.3) is 0 Å². The molecule has 110 valence electrons. The molecule has 0 saturated heterocycles. The van der Waals surface area contributed by atoms with Crippen LogP contribution >= 0.6 is 0 Å². The van der Waals surface area contributed by atoms with Gasteiger partial charge in [0.05, 0.1) is 0 Å². The molecule has 2 aliphatic rings. The lowest BCUT2D eigenvalue weighted by molar-refractivity contribution is 0.313. The molecular weight excluding hydrogens is 256 g/mol. The molecule has 0 N–H and O–H groups in total. The van der Waals surface area contributed by atoms with E-state index in [1.807, 2.05) is 0 Å². The van der Waals surface area contributed by atoms with Crippen LogP contribution in [0.4, 0.5) is 0 Å². The van der Waals surface area contributed by atoms with E-state index in [0.717, 1.165) is 19.6 Å². The van der Waals surface area contributed by atoms with Crippen molar-refractivity contribution in [1.29, 1.82) is 0 Å². The van der Waals surface area contributed by atoms with E-state index in [1.165, 1.54) is 35.2 Å². The Balaban J connectivity index is 0.000000126. The maximum absolute atomic E-state index is 2.36. The Hall–Kier alpha value is -1.64. The average molecular weight is 280 g/mol. The van der Waals surface area contributed by atoms with Gasteiger partial charge >= 0.3 is 0 Å². The molecular formula is C19H24N2. The van der Waals surface area contributed by atoms with E-state index < -0.39 is 0 Å². The molecule has 2 aliphatic heterocycles. The normalized spacial score (nSPS) is 17.6. The molecule has 0 saturated carbocycles. The number of rotatable bonds is 0. The van der Waals surface area contributed by atoms with Crippen LogP contribution in [0.1, 0.15) is 22.3 Å². The molecule has 0 aromatic heterocycles. The molecule has 0 atom stereocenters. The van der Waals surface area contributed by atoms with Gasteiger partial charge in [-0.15, -0.1) is 0 Å². The van der Waals surface area contributed by atoms with Crippen LogP contribution in [-0.4, -0.2) is 30.4 Å². The van der Waals surface area contributed by atoms with E-state index in [1.54, 1.807) is 0 Å². The van der Waals surface area contributed by atoms with Crippen molar-refractivity contribution in [1.82, 2.24) is 9.80 Å². The molecule has 0 spiro atoms. The third-order valence-corrected chi connectivity index (χ3v) is 4.32. The minimum Gasteiger partial charge on any atom is -0.302 e. The quantitative estimate of drug-likeness (QED) is 0.730. The summed E-state index contributed by atoms with van der Waals surface area (Å²) in [7, 11) is 4.33. The number of fused-ring (bicyclic) bond motifs is 2. The lowest BCUT2D eigenvalue weighted by Gasteiger charge is -2.24. The number of hydrogen-bond donors (Lipinski definition) is 0. The summed E-state index contributed by atoms with van der Waals surface area (Å²) < 4.78 is 0. The molecule has 4 rings (SSSR count). The van der Waals surface area contributed by atoms with E-state index in [2.05, 4.69) is 72.4 Å². The van der Waals surface area contributed by atoms with Crippen molar-refractivity contribution < 1.29 is 0 Å². The molecule has 0 radical (unpaired) electrons. The summed E-state index contributed by atoms with van der Waals surface area (Å²) in [6.07, 6.45) is 1.21. The maximum Gasteiger partial charge on any atom is 0.0237 e. The summed E-state index contributed by atoms with van der Waals surface area (Å²) in [5.74, 6) is 0. The highest BCUT2D eigenvalue weighted by atomic mass is 15.1. The van der Waals surface area contributed by atoms with Gasteiger partial charge in [-0.3, -0.25) is 4.90 Å². The second-order valence-corrected chi connectivity index (χ2v) is 6.20. The van der Waals surface area contributed by atoms with Gasteiger partial charge in [0.2, 0.25) is 0 Å². The maximum atomic E-state index is 2.36. The third kappa shape index (κ3) is 3.52. The van der Waals surface area contributed by atoms with Crippen molar-refractivity contribution in [3.8, 4) is 0 Å². The van der Waals surface area contributed by atoms with Gasteiger partial charge in [0, 0.05) is 26.2 Å². The fourth-order valence-corrected chi connectivity index (χ4v) is 3.14. The third-order valence-electron chi connectivity index (χ3n) is 4.32. The molecule has 2 heteroatoms. The molecule has 2 heterocycles. The summed E-state index contributed by atoms with van der Waals surface area (Å²) in [5, 5.41) is 0. The summed E-state index contributed by atoms with van der Waals surface area (Å²) in [6.45, 7) is 4.57. The van der Waals surface area contributed by atoms with Crippen LogP contribution in [0.15, 0.2) is 48.5 Å². The minimum absolute atomic E-state index is 1.12. The van der Waals surface area contributed by atoms with Gasteiger partial charge in [0.1, 0.15) is 0 Å². The molecule has 0 unspecified atom stereocenters. The first-order valence-electron chi connectivity index (χ1n) is 7.73. The molecule has 0 bridgehead atoms. The molecule has 2 aromatic rings. The van der Waals surface area contributed by atoms with Crippen LogP contribution in [0, 0.1) is 0 Å². The van der Waals surface area contributed by atoms with Crippen LogP contribution in [-0.2, 0) is 26.1 Å². The van der Waals surface area contributed by atoms with Crippen molar-refractivity contribution in [2.45, 2.75) is 26.1 Å². The average Bonchev–Trinajstić information content (AvgIpc) is 2.88. The second kappa shape index (κ2) is 6.42. The molecule has 0 fully saturated rings. The zero-order valence-corrected chi connectivity index (χ0v) is 13.0. The van der Waals surface area contributed by atoms with Crippen molar-refractivity contribution >= 4 is 0 Å². The van der Waals surface area contributed by atoms with Crippen LogP contribution in [0.3, 0.4) is 0 Å². The monoisotopic (exact) mass is 280 g/mol. The first-order valence-corrected chi connectivity index (χ1v) is 7.73. The van der Waals surface area contributed by atoms with E-state index in [4.69, 9.17) is 0 Å². The fraction of sp³-hybridized carbons (Fsp3) is 0.368. The van der Waals surface area contributed by atoms with E-state index in [-0.39, 0.29) is 0 Å². The van der Waals surface area contributed by atoms with Crippen molar-refractivity contribution in [3.63, 3.8) is 0 Å². The summed E-state index contributed by atoms with van der Waals surface area (Å²) in [5.41, 5.74) is 6.02. The predicted octanol–water partition coefficient (Wildman–Crippen LogP) is 3.31. The number of nitrogens with zero attached hydrogens (tertiary/aromatic N) is 2. The largest absolute Gasteiger partial charge is 0.302 e. The smallest absolute Gasteiger partial charge is 0.0237 e. The van der Waals surface area contributed by atoms with Crippen molar-refractivity contribution in [3.05, 3.63) is 70.8 Å². The SMILES string of the molecule is CN1CCc2ccccc2C1.CN1Cc2ccccc2C1. The minimum atomic E-state index is 1.12. The lowest BCUT2D eigenvalue weighted by atomic mass is 10.0. The highest BCUT2D eigenvalue weighted by Gasteiger charge is 2.13. The standard InChI is InChI=1S/C10H13N.C9H11N/c1-11-7-6-9-4-2-3-5-10(9)8-11;1-10-6-8-4-2-3-5-9(8)7-10/h2-5H,6-8H2,1H3;2-5H,6-7H2,1H3. The van der Waals surface area contributed by atoms with Gasteiger partial charge in [0.25, 0.3) is 0 Å². The predicted molar refractivity (Wildman–Crippen MR) is 88.1 cm³/mol. The van der Waals surface area contributed by atoms with Crippen LogP contribution < -0.4 is 0 Å². The summed E-state index contributed by atoms with van der Waals surface area (Å²) in [4.78, 5) is 4.69. The summed E-state index contributed by atoms with van der Waals surface area (Å²) >= 11 is 0. The van der Waals surface area contributed by atoms with Gasteiger partial charge in [0.15, 0.2) is 0 Å². The topological polar surface area (TPSA) is 6.48 Å². The fourth-order valence-electron chi connectivity index (χ4n) is 3.14. The van der Waals surface area contributed by atoms with Crippen molar-refractivity contribution in [2.24, 2.45) is 0 Å². The highest BCUT2D eigenvalue weighted by molar-refractivity contribution is 5.30. The van der Waals surface area contributed by atoms with E-state index in [0.29, 0.717) is 0 Å². The zero-order chi connectivity index (χ0) is 14.7. The number of hydrogen-bond acceptors (Lipinski definition) is 2. The first kappa shape index (κ1) is 14.3. The van der Waals surface area contributed by atoms with Crippen molar-refractivity contribution in [2.75, 3.05) is 20.6 Å². The van der Waals surface area contributed by atoms with E-state index >= 15 is 0 Å². The first-order chi connectivity index (χ1) is 10.2. The van der Waals surface area contributed by atoms with Gasteiger partial charge in [-0.2, -0.15) is 0 Å². The Morgan fingerprint density at radius 2 is 1.05 bits per heavy atom. The Morgan fingerprint density at radius 1 is 0.619 bits per heavy atom. The molecule has 0 aliphatic carbocycles. The molecule has 2 nitrogen and oxygen atoms in total. The number of benzene rings is 2. The van der Waals surface area contributed by atoms with Gasteiger partial charge < -0.3 is 4.90 Å². The summed E-state index contributed by atoms with van der Waals surface area (Å²) in [6, 6.07) is 17.4. The van der Waals surface area contributed by atoms with E-state index in [9.17, 15) is 0 Å². The zero-order valence-electron chi connectivity index (χ0n) is 13.0.